The second-order valence-electron chi connectivity index (χ2n) is 7.51. The zero-order valence-electron chi connectivity index (χ0n) is 15.1. The van der Waals surface area contributed by atoms with Crippen molar-refractivity contribution in [2.75, 3.05) is 11.9 Å². The first-order valence-corrected chi connectivity index (χ1v) is 9.17. The standard InChI is InChI=1S/C20H17F3N4O/c1-26-15-6-4-12(9-13(15)10-18(26)28)19-14(20(21,22)23)5-7-17-24-16(25-27(17)19)8-11-2-3-11/h4-7,9,11H,2-3,8,10H2,1H3. The number of alkyl halides is 3. The van der Waals surface area contributed by atoms with Crippen molar-refractivity contribution in [3.8, 4) is 11.3 Å². The minimum atomic E-state index is -4.53. The van der Waals surface area contributed by atoms with Crippen LogP contribution in [0, 0.1) is 5.92 Å². The summed E-state index contributed by atoms with van der Waals surface area (Å²) in [7, 11) is 1.66. The van der Waals surface area contributed by atoms with E-state index in [0.29, 0.717) is 34.9 Å². The number of fused-ring (bicyclic) bond motifs is 2. The number of nitrogens with zero attached hydrogens (tertiary/aromatic N) is 4. The minimum absolute atomic E-state index is 0.0376. The number of carbonyl (C=O) groups is 1. The third-order valence-corrected chi connectivity index (χ3v) is 5.45. The molecule has 28 heavy (non-hydrogen) atoms. The molecule has 144 valence electrons. The van der Waals surface area contributed by atoms with E-state index in [1.807, 2.05) is 0 Å². The summed E-state index contributed by atoms with van der Waals surface area (Å²) in [5.74, 6) is 1.03. The van der Waals surface area contributed by atoms with Crippen molar-refractivity contribution < 1.29 is 18.0 Å². The van der Waals surface area contributed by atoms with Gasteiger partial charge in [0.25, 0.3) is 0 Å². The number of carbonyl (C=O) groups excluding carboxylic acids is 1. The molecule has 1 aliphatic carbocycles. The van der Waals surface area contributed by atoms with Gasteiger partial charge in [-0.2, -0.15) is 18.3 Å². The summed E-state index contributed by atoms with van der Waals surface area (Å²) >= 11 is 0. The molecular weight excluding hydrogens is 369 g/mol. The Morgan fingerprint density at radius 2 is 1.96 bits per heavy atom. The maximum atomic E-state index is 13.8. The van der Waals surface area contributed by atoms with E-state index in [2.05, 4.69) is 10.1 Å². The van der Waals surface area contributed by atoms with Gasteiger partial charge in [-0.25, -0.2) is 9.50 Å². The number of likely N-dealkylation sites (N-methyl/N-ethyl adjacent to an activating group) is 1. The van der Waals surface area contributed by atoms with E-state index >= 15 is 0 Å². The fourth-order valence-corrected chi connectivity index (χ4v) is 3.78. The number of aromatic nitrogens is 3. The Morgan fingerprint density at radius 1 is 1.18 bits per heavy atom. The van der Waals surface area contributed by atoms with E-state index in [9.17, 15) is 18.0 Å². The van der Waals surface area contributed by atoms with Crippen molar-refractivity contribution in [2.45, 2.75) is 31.9 Å². The number of pyridine rings is 1. The smallest absolute Gasteiger partial charge is 0.315 e. The topological polar surface area (TPSA) is 50.5 Å². The predicted molar refractivity (Wildman–Crippen MR) is 97.0 cm³/mol. The Hall–Kier alpha value is -2.90. The van der Waals surface area contributed by atoms with Crippen molar-refractivity contribution in [1.82, 2.24) is 14.6 Å². The van der Waals surface area contributed by atoms with Crippen LogP contribution in [0.1, 0.15) is 29.8 Å². The van der Waals surface area contributed by atoms with Crippen LogP contribution in [0.5, 0.6) is 0 Å². The summed E-state index contributed by atoms with van der Waals surface area (Å²) in [4.78, 5) is 17.9. The maximum absolute atomic E-state index is 13.8. The number of hydrogen-bond acceptors (Lipinski definition) is 3. The van der Waals surface area contributed by atoms with E-state index in [1.165, 1.54) is 15.5 Å². The third-order valence-electron chi connectivity index (χ3n) is 5.45. The molecule has 1 saturated carbocycles. The number of amides is 1. The SMILES string of the molecule is CN1C(=O)Cc2cc(-c3c(C(F)(F)F)ccc4nc(CC5CC5)nn34)ccc21. The first-order valence-electron chi connectivity index (χ1n) is 9.17. The molecule has 0 unspecified atom stereocenters. The lowest BCUT2D eigenvalue weighted by molar-refractivity contribution is -0.137. The number of halogens is 3. The highest BCUT2D eigenvalue weighted by atomic mass is 19.4. The van der Waals surface area contributed by atoms with Crippen LogP contribution in [0.25, 0.3) is 16.9 Å². The van der Waals surface area contributed by atoms with Crippen LogP contribution in [0.4, 0.5) is 18.9 Å². The molecule has 1 aliphatic heterocycles. The summed E-state index contributed by atoms with van der Waals surface area (Å²) in [5.41, 5.74) is 1.41. The van der Waals surface area contributed by atoms with Gasteiger partial charge >= 0.3 is 6.18 Å². The maximum Gasteiger partial charge on any atom is 0.418 e. The highest BCUT2D eigenvalue weighted by Gasteiger charge is 2.36. The molecule has 8 heteroatoms. The van der Waals surface area contributed by atoms with Crippen molar-refractivity contribution >= 4 is 17.2 Å². The zero-order valence-corrected chi connectivity index (χ0v) is 15.1. The molecule has 3 aromatic rings. The predicted octanol–water partition coefficient (Wildman–Crippen LogP) is 3.89. The van der Waals surface area contributed by atoms with Crippen LogP contribution in [-0.2, 0) is 23.8 Å². The fourth-order valence-electron chi connectivity index (χ4n) is 3.78. The summed E-state index contributed by atoms with van der Waals surface area (Å²) < 4.78 is 42.6. The molecule has 5 rings (SSSR count). The minimum Gasteiger partial charge on any atom is -0.315 e. The van der Waals surface area contributed by atoms with E-state index in [0.717, 1.165) is 24.6 Å². The Labute approximate surface area is 158 Å². The normalized spacial score (nSPS) is 16.9. The van der Waals surface area contributed by atoms with Crippen molar-refractivity contribution in [1.29, 1.82) is 0 Å². The fraction of sp³-hybridized carbons (Fsp3) is 0.350. The lowest BCUT2D eigenvalue weighted by atomic mass is 10.0. The van der Waals surface area contributed by atoms with Gasteiger partial charge in [0.15, 0.2) is 11.5 Å². The highest BCUT2D eigenvalue weighted by molar-refractivity contribution is 6.01. The summed E-state index contributed by atoms with van der Waals surface area (Å²) in [6.07, 6.45) is -1.43. The van der Waals surface area contributed by atoms with Gasteiger partial charge in [-0.15, -0.1) is 0 Å². The van der Waals surface area contributed by atoms with Gasteiger partial charge in [-0.1, -0.05) is 6.07 Å². The third kappa shape index (κ3) is 2.75. The Balaban J connectivity index is 1.71. The molecule has 0 spiro atoms. The number of anilines is 1. The average molecular weight is 386 g/mol. The monoisotopic (exact) mass is 386 g/mol. The van der Waals surface area contributed by atoms with Gasteiger partial charge in [0.2, 0.25) is 5.91 Å². The molecule has 0 bridgehead atoms. The Kier molecular flexibility index (Phi) is 3.56. The van der Waals surface area contributed by atoms with Crippen molar-refractivity contribution in [3.63, 3.8) is 0 Å². The van der Waals surface area contributed by atoms with Crippen LogP contribution in [0.15, 0.2) is 30.3 Å². The molecular formula is C20H17F3N4O. The molecule has 0 saturated heterocycles. The lowest BCUT2D eigenvalue weighted by Crippen LogP contribution is -2.20. The van der Waals surface area contributed by atoms with Crippen LogP contribution >= 0.6 is 0 Å². The van der Waals surface area contributed by atoms with E-state index in [1.54, 1.807) is 25.2 Å². The number of hydrogen-bond donors (Lipinski definition) is 0. The van der Waals surface area contributed by atoms with E-state index in [-0.39, 0.29) is 18.0 Å². The van der Waals surface area contributed by atoms with Gasteiger partial charge in [0.1, 0.15) is 0 Å². The highest BCUT2D eigenvalue weighted by Crippen LogP contribution is 2.40. The van der Waals surface area contributed by atoms with Gasteiger partial charge in [-0.3, -0.25) is 4.79 Å². The largest absolute Gasteiger partial charge is 0.418 e. The second kappa shape index (κ2) is 5.80. The number of benzene rings is 1. The summed E-state index contributed by atoms with van der Waals surface area (Å²) in [5, 5.41) is 4.40. The van der Waals surface area contributed by atoms with Crippen molar-refractivity contribution in [2.24, 2.45) is 5.92 Å². The molecule has 1 fully saturated rings. The molecule has 0 atom stereocenters. The Bertz CT molecular complexity index is 1110. The quantitative estimate of drug-likeness (QED) is 0.686. The van der Waals surface area contributed by atoms with Gasteiger partial charge in [0.05, 0.1) is 17.7 Å². The van der Waals surface area contributed by atoms with Crippen LogP contribution < -0.4 is 4.90 Å². The number of rotatable bonds is 3. The molecule has 5 nitrogen and oxygen atoms in total. The summed E-state index contributed by atoms with van der Waals surface area (Å²) in [6, 6.07) is 7.38. The second-order valence-corrected chi connectivity index (χ2v) is 7.51. The van der Waals surface area contributed by atoms with Gasteiger partial charge < -0.3 is 4.90 Å². The summed E-state index contributed by atoms with van der Waals surface area (Å²) in [6.45, 7) is 0. The van der Waals surface area contributed by atoms with Gasteiger partial charge in [-0.05, 0) is 48.6 Å². The van der Waals surface area contributed by atoms with Crippen molar-refractivity contribution in [3.05, 3.63) is 47.3 Å². The molecule has 0 N–H and O–H groups in total. The average Bonchev–Trinajstić information content (AvgIpc) is 3.27. The van der Waals surface area contributed by atoms with Crippen LogP contribution in [-0.4, -0.2) is 27.6 Å². The molecule has 2 aromatic heterocycles. The van der Waals surface area contributed by atoms with Crippen LogP contribution in [0.3, 0.4) is 0 Å². The van der Waals surface area contributed by atoms with E-state index in [4.69, 9.17) is 0 Å². The lowest BCUT2D eigenvalue weighted by Gasteiger charge is -2.15. The first kappa shape index (κ1) is 17.2. The molecule has 1 aromatic carbocycles. The molecule has 1 amide bonds. The molecule has 0 radical (unpaired) electrons. The Morgan fingerprint density at radius 3 is 2.68 bits per heavy atom. The van der Waals surface area contributed by atoms with Crippen LogP contribution in [0.2, 0.25) is 0 Å². The first-order chi connectivity index (χ1) is 13.3. The van der Waals surface area contributed by atoms with Gasteiger partial charge in [0, 0.05) is 24.7 Å². The van der Waals surface area contributed by atoms with E-state index < -0.39 is 11.7 Å². The molecule has 3 heterocycles. The molecule has 2 aliphatic rings. The zero-order chi connectivity index (χ0) is 19.6.